The van der Waals surface area contributed by atoms with E-state index in [2.05, 4.69) is 15.7 Å². The summed E-state index contributed by atoms with van der Waals surface area (Å²) in [7, 11) is 0. The van der Waals surface area contributed by atoms with Crippen LogP contribution in [0.4, 0.5) is 8.78 Å². The van der Waals surface area contributed by atoms with Crippen LogP contribution < -0.4 is 11.0 Å². The molecule has 2 aromatic heterocycles. The van der Waals surface area contributed by atoms with Crippen LogP contribution in [0.1, 0.15) is 18.5 Å². The molecule has 1 aromatic carbocycles. The number of rotatable bonds is 5. The van der Waals surface area contributed by atoms with Gasteiger partial charge in [0.1, 0.15) is 23.2 Å². The van der Waals surface area contributed by atoms with Crippen molar-refractivity contribution in [2.24, 2.45) is 0 Å². The van der Waals surface area contributed by atoms with Crippen molar-refractivity contribution in [3.8, 4) is 5.00 Å². The average molecular weight is 365 g/mol. The zero-order valence-corrected chi connectivity index (χ0v) is 13.8. The van der Waals surface area contributed by atoms with Crippen LogP contribution in [0.15, 0.2) is 40.5 Å². The molecule has 3 aromatic rings. The highest BCUT2D eigenvalue weighted by Gasteiger charge is 2.17. The molecule has 7 nitrogen and oxygen atoms in total. The van der Waals surface area contributed by atoms with Gasteiger partial charge in [-0.2, -0.15) is 9.36 Å². The molecule has 0 aliphatic rings. The van der Waals surface area contributed by atoms with Gasteiger partial charge in [0.05, 0.1) is 6.04 Å². The molecule has 0 fully saturated rings. The first-order valence-corrected chi connectivity index (χ1v) is 8.14. The Morgan fingerprint density at radius 3 is 2.80 bits per heavy atom. The highest BCUT2D eigenvalue weighted by Crippen LogP contribution is 2.17. The van der Waals surface area contributed by atoms with E-state index in [4.69, 9.17) is 0 Å². The summed E-state index contributed by atoms with van der Waals surface area (Å²) in [6.07, 6.45) is 0. The molecule has 1 atom stereocenters. The summed E-state index contributed by atoms with van der Waals surface area (Å²) >= 11 is 1.31. The number of halogens is 2. The smallest absolute Gasteiger partial charge is 0.348 e. The van der Waals surface area contributed by atoms with Gasteiger partial charge in [0.15, 0.2) is 0 Å². The van der Waals surface area contributed by atoms with E-state index in [-0.39, 0.29) is 12.1 Å². The zero-order chi connectivity index (χ0) is 18.0. The number of hydrogen-bond donors (Lipinski definition) is 1. The highest BCUT2D eigenvalue weighted by atomic mass is 32.1. The Labute approximate surface area is 144 Å². The maximum atomic E-state index is 13.7. The second-order valence-electron chi connectivity index (χ2n) is 5.24. The summed E-state index contributed by atoms with van der Waals surface area (Å²) in [6.45, 7) is 1.19. The van der Waals surface area contributed by atoms with Gasteiger partial charge in [0, 0.05) is 11.6 Å². The van der Waals surface area contributed by atoms with Crippen molar-refractivity contribution in [2.45, 2.75) is 19.5 Å². The lowest BCUT2D eigenvalue weighted by Gasteiger charge is -2.14. The SMILES string of the molecule is C[C@H](NC(=O)Cn1nnn(-c2cccs2)c1=O)c1ccc(F)cc1F. The third kappa shape index (κ3) is 3.63. The Kier molecular flexibility index (Phi) is 4.70. The number of nitrogens with one attached hydrogen (secondary N) is 1. The lowest BCUT2D eigenvalue weighted by Crippen LogP contribution is -2.35. The molecule has 0 aliphatic heterocycles. The molecular formula is C15H13F2N5O2S. The molecule has 0 saturated heterocycles. The number of carbonyl (C=O) groups is 1. The van der Waals surface area contributed by atoms with E-state index in [0.717, 1.165) is 21.5 Å². The number of benzene rings is 1. The predicted molar refractivity (Wildman–Crippen MR) is 86.4 cm³/mol. The molecule has 2 heterocycles. The van der Waals surface area contributed by atoms with Crippen LogP contribution >= 0.6 is 11.3 Å². The van der Waals surface area contributed by atoms with E-state index in [1.165, 1.54) is 17.4 Å². The second kappa shape index (κ2) is 6.93. The molecule has 1 N–H and O–H groups in total. The normalized spacial score (nSPS) is 12.1. The van der Waals surface area contributed by atoms with Crippen molar-refractivity contribution in [1.82, 2.24) is 25.1 Å². The largest absolute Gasteiger partial charge is 0.369 e. The molecule has 0 unspecified atom stereocenters. The van der Waals surface area contributed by atoms with Gasteiger partial charge in [-0.05, 0) is 40.9 Å². The van der Waals surface area contributed by atoms with Crippen LogP contribution in [0.25, 0.3) is 5.00 Å². The van der Waals surface area contributed by atoms with Crippen molar-refractivity contribution in [2.75, 3.05) is 0 Å². The summed E-state index contributed by atoms with van der Waals surface area (Å²) < 4.78 is 28.7. The Hall–Kier alpha value is -2.88. The van der Waals surface area contributed by atoms with E-state index < -0.39 is 29.3 Å². The summed E-state index contributed by atoms with van der Waals surface area (Å²) in [6, 6.07) is 5.88. The van der Waals surface area contributed by atoms with Crippen molar-refractivity contribution in [3.05, 3.63) is 63.4 Å². The first-order valence-electron chi connectivity index (χ1n) is 7.26. The van der Waals surface area contributed by atoms with Gasteiger partial charge in [-0.3, -0.25) is 4.79 Å². The fraction of sp³-hybridized carbons (Fsp3) is 0.200. The number of tetrazole rings is 1. The van der Waals surface area contributed by atoms with Crippen molar-refractivity contribution < 1.29 is 13.6 Å². The molecule has 1 amide bonds. The molecule has 0 saturated carbocycles. The number of aromatic nitrogens is 4. The molecule has 130 valence electrons. The number of amides is 1. The third-order valence-corrected chi connectivity index (χ3v) is 4.30. The monoisotopic (exact) mass is 365 g/mol. The molecule has 0 radical (unpaired) electrons. The maximum absolute atomic E-state index is 13.7. The van der Waals surface area contributed by atoms with E-state index >= 15 is 0 Å². The molecule has 3 rings (SSSR count). The Bertz CT molecular complexity index is 951. The lowest BCUT2D eigenvalue weighted by molar-refractivity contribution is -0.122. The molecule has 0 spiro atoms. The van der Waals surface area contributed by atoms with Gasteiger partial charge in [-0.1, -0.05) is 6.07 Å². The van der Waals surface area contributed by atoms with Gasteiger partial charge in [0.2, 0.25) is 5.91 Å². The minimum Gasteiger partial charge on any atom is -0.348 e. The van der Waals surface area contributed by atoms with Crippen LogP contribution in [0, 0.1) is 11.6 Å². The Morgan fingerprint density at radius 2 is 2.12 bits per heavy atom. The van der Waals surface area contributed by atoms with Crippen LogP contribution in [0.3, 0.4) is 0 Å². The second-order valence-corrected chi connectivity index (χ2v) is 6.16. The van der Waals surface area contributed by atoms with E-state index in [1.807, 2.05) is 0 Å². The van der Waals surface area contributed by atoms with Crippen LogP contribution in [-0.2, 0) is 11.3 Å². The molecule has 0 bridgehead atoms. The average Bonchev–Trinajstić information content (AvgIpc) is 3.18. The minimum absolute atomic E-state index is 0.143. The third-order valence-electron chi connectivity index (χ3n) is 3.45. The van der Waals surface area contributed by atoms with E-state index in [0.29, 0.717) is 5.00 Å². The Morgan fingerprint density at radius 1 is 1.32 bits per heavy atom. The van der Waals surface area contributed by atoms with Crippen molar-refractivity contribution in [3.63, 3.8) is 0 Å². The highest BCUT2D eigenvalue weighted by molar-refractivity contribution is 7.12. The fourth-order valence-electron chi connectivity index (χ4n) is 2.26. The molecule has 10 heteroatoms. The number of nitrogens with zero attached hydrogens (tertiary/aromatic N) is 4. The summed E-state index contributed by atoms with van der Waals surface area (Å²) in [5, 5.41) is 12.3. The molecule has 0 aliphatic carbocycles. The molecule has 25 heavy (non-hydrogen) atoms. The summed E-state index contributed by atoms with van der Waals surface area (Å²) in [4.78, 5) is 24.3. The fourth-order valence-corrected chi connectivity index (χ4v) is 2.92. The first-order chi connectivity index (χ1) is 12.0. The van der Waals surface area contributed by atoms with Crippen molar-refractivity contribution in [1.29, 1.82) is 0 Å². The summed E-state index contributed by atoms with van der Waals surface area (Å²) in [5.41, 5.74) is -0.414. The molecular weight excluding hydrogens is 352 g/mol. The topological polar surface area (TPSA) is 81.8 Å². The van der Waals surface area contributed by atoms with E-state index in [1.54, 1.807) is 24.4 Å². The van der Waals surface area contributed by atoms with Gasteiger partial charge >= 0.3 is 5.69 Å². The van der Waals surface area contributed by atoms with Crippen LogP contribution in [-0.4, -0.2) is 25.7 Å². The quantitative estimate of drug-likeness (QED) is 0.745. The van der Waals surface area contributed by atoms with Crippen molar-refractivity contribution >= 4 is 17.2 Å². The van der Waals surface area contributed by atoms with Crippen LogP contribution in [0.5, 0.6) is 0 Å². The number of hydrogen-bond acceptors (Lipinski definition) is 5. The van der Waals surface area contributed by atoms with Gasteiger partial charge in [-0.15, -0.1) is 11.3 Å². The zero-order valence-electron chi connectivity index (χ0n) is 13.0. The van der Waals surface area contributed by atoms with Gasteiger partial charge < -0.3 is 5.32 Å². The maximum Gasteiger partial charge on any atom is 0.369 e. The predicted octanol–water partition coefficient (Wildman–Crippen LogP) is 1.65. The lowest BCUT2D eigenvalue weighted by atomic mass is 10.1. The summed E-state index contributed by atoms with van der Waals surface area (Å²) in [5.74, 6) is -2.00. The first kappa shape index (κ1) is 17.0. The van der Waals surface area contributed by atoms with Crippen LogP contribution in [0.2, 0.25) is 0 Å². The van der Waals surface area contributed by atoms with E-state index in [9.17, 15) is 18.4 Å². The van der Waals surface area contributed by atoms with Gasteiger partial charge in [0.25, 0.3) is 0 Å². The number of thiophene rings is 1. The van der Waals surface area contributed by atoms with Gasteiger partial charge in [-0.25, -0.2) is 13.6 Å². The standard InChI is InChI=1S/C15H13F2N5O2S/c1-9(11-5-4-10(16)7-12(11)17)18-13(23)8-21-15(24)22(20-19-21)14-3-2-6-25-14/h2-7,9H,8H2,1H3,(H,18,23)/t9-/m0/s1. The number of carbonyl (C=O) groups excluding carboxylic acids is 1. The minimum atomic E-state index is -0.756. The Balaban J connectivity index is 1.70.